The van der Waals surface area contributed by atoms with Crippen LogP contribution in [-0.2, 0) is 0 Å². The van der Waals surface area contributed by atoms with E-state index in [9.17, 15) is 4.79 Å². The Morgan fingerprint density at radius 3 is 2.62 bits per heavy atom. The van der Waals surface area contributed by atoms with Crippen molar-refractivity contribution >= 4 is 35.8 Å². The number of aliphatic imine (C=N–C) groups is 1. The van der Waals surface area contributed by atoms with Crippen LogP contribution in [0.25, 0.3) is 0 Å². The van der Waals surface area contributed by atoms with Gasteiger partial charge in [0.25, 0.3) is 5.91 Å². The maximum absolute atomic E-state index is 12.1. The molecule has 1 aromatic carbocycles. The lowest BCUT2D eigenvalue weighted by Crippen LogP contribution is -2.45. The van der Waals surface area contributed by atoms with Crippen LogP contribution in [0.2, 0.25) is 0 Å². The first-order valence-corrected chi connectivity index (χ1v) is 7.77. The van der Waals surface area contributed by atoms with E-state index in [1.165, 1.54) is 0 Å². The van der Waals surface area contributed by atoms with Crippen molar-refractivity contribution in [2.24, 2.45) is 4.99 Å². The number of nitrogens with one attached hydrogen (secondary N) is 3. The summed E-state index contributed by atoms with van der Waals surface area (Å²) in [7, 11) is 3.33. The number of halogens is 1. The Labute approximate surface area is 160 Å². The molecular formula is C17H25IN4O2. The summed E-state index contributed by atoms with van der Waals surface area (Å²) in [6.07, 6.45) is 6.37. The molecule has 24 heavy (non-hydrogen) atoms. The van der Waals surface area contributed by atoms with Gasteiger partial charge in [0.05, 0.1) is 7.11 Å². The highest BCUT2D eigenvalue weighted by molar-refractivity contribution is 14.0. The predicted octanol–water partition coefficient (Wildman–Crippen LogP) is 1.93. The summed E-state index contributed by atoms with van der Waals surface area (Å²) in [5, 5.41) is 9.42. The van der Waals surface area contributed by atoms with Crippen LogP contribution >= 0.6 is 24.0 Å². The second kappa shape index (κ2) is 10.9. The molecule has 3 N–H and O–H groups in total. The minimum absolute atomic E-state index is 0. The fraction of sp³-hybridized carbons (Fsp3) is 0.412. The maximum Gasteiger partial charge on any atom is 0.251 e. The lowest BCUT2D eigenvalue weighted by atomic mass is 10.2. The Kier molecular flexibility index (Phi) is 9.21. The topological polar surface area (TPSA) is 74.8 Å². The Hall–Kier alpha value is -1.77. The van der Waals surface area contributed by atoms with Crippen LogP contribution in [0, 0.1) is 0 Å². The van der Waals surface area contributed by atoms with Gasteiger partial charge in [-0.2, -0.15) is 0 Å². The van der Waals surface area contributed by atoms with Crippen LogP contribution in [0.4, 0.5) is 0 Å². The molecule has 0 atom stereocenters. The van der Waals surface area contributed by atoms with Crippen molar-refractivity contribution in [1.29, 1.82) is 0 Å². The van der Waals surface area contributed by atoms with E-state index >= 15 is 0 Å². The fourth-order valence-corrected chi connectivity index (χ4v) is 2.35. The third-order valence-electron chi connectivity index (χ3n) is 3.61. The molecule has 1 aromatic rings. The summed E-state index contributed by atoms with van der Waals surface area (Å²) < 4.78 is 5.12. The monoisotopic (exact) mass is 444 g/mol. The van der Waals surface area contributed by atoms with Gasteiger partial charge in [-0.25, -0.2) is 0 Å². The molecule has 0 fully saturated rings. The molecule has 0 saturated carbocycles. The largest absolute Gasteiger partial charge is 0.497 e. The van der Waals surface area contributed by atoms with Crippen molar-refractivity contribution in [3.8, 4) is 5.75 Å². The Morgan fingerprint density at radius 2 is 1.96 bits per heavy atom. The van der Waals surface area contributed by atoms with Crippen LogP contribution in [0.15, 0.2) is 41.4 Å². The minimum atomic E-state index is -0.117. The average Bonchev–Trinajstić information content (AvgIpc) is 3.10. The molecule has 1 aliphatic carbocycles. The Bertz CT molecular complexity index is 582. The van der Waals surface area contributed by atoms with Crippen molar-refractivity contribution in [3.63, 3.8) is 0 Å². The van der Waals surface area contributed by atoms with Crippen molar-refractivity contribution in [1.82, 2.24) is 16.0 Å². The molecule has 7 heteroatoms. The van der Waals surface area contributed by atoms with E-state index in [0.717, 1.165) is 18.8 Å². The van der Waals surface area contributed by atoms with Crippen LogP contribution in [0.3, 0.4) is 0 Å². The summed E-state index contributed by atoms with van der Waals surface area (Å²) in [6.45, 7) is 1.12. The number of amides is 1. The van der Waals surface area contributed by atoms with E-state index < -0.39 is 0 Å². The second-order valence-corrected chi connectivity index (χ2v) is 5.27. The molecule has 0 radical (unpaired) electrons. The van der Waals surface area contributed by atoms with E-state index in [1.54, 1.807) is 32.4 Å². The summed E-state index contributed by atoms with van der Waals surface area (Å²) >= 11 is 0. The van der Waals surface area contributed by atoms with Crippen molar-refractivity contribution in [2.45, 2.75) is 18.9 Å². The third kappa shape index (κ3) is 6.38. The standard InChI is InChI=1S/C17H24N4O2.HI/c1-18-17(21-14-7-3-4-8-14)20-11-10-19-16(22)13-6-5-9-15(12-13)23-2;/h3-6,9,12,14H,7-8,10-11H2,1-2H3,(H,19,22)(H2,18,20,21);1H. The molecular weight excluding hydrogens is 419 g/mol. The van der Waals surface area contributed by atoms with Gasteiger partial charge in [-0.1, -0.05) is 18.2 Å². The van der Waals surface area contributed by atoms with Gasteiger partial charge in [0.1, 0.15) is 5.75 Å². The number of nitrogens with zero attached hydrogens (tertiary/aromatic N) is 1. The summed E-state index contributed by atoms with van der Waals surface area (Å²) in [5.41, 5.74) is 0.587. The molecule has 0 spiro atoms. The van der Waals surface area contributed by atoms with Crippen molar-refractivity contribution < 1.29 is 9.53 Å². The number of benzene rings is 1. The highest BCUT2D eigenvalue weighted by Gasteiger charge is 2.11. The average molecular weight is 444 g/mol. The zero-order chi connectivity index (χ0) is 16.5. The number of hydrogen-bond donors (Lipinski definition) is 3. The Balaban J connectivity index is 0.00000288. The van der Waals surface area contributed by atoms with E-state index in [4.69, 9.17) is 4.74 Å². The number of ether oxygens (including phenoxy) is 1. The molecule has 0 aromatic heterocycles. The molecule has 6 nitrogen and oxygen atoms in total. The van der Waals surface area contributed by atoms with E-state index in [1.807, 2.05) is 6.07 Å². The van der Waals surface area contributed by atoms with Gasteiger partial charge >= 0.3 is 0 Å². The van der Waals surface area contributed by atoms with Crippen LogP contribution in [-0.4, -0.2) is 45.2 Å². The van der Waals surface area contributed by atoms with Gasteiger partial charge in [-0.15, -0.1) is 24.0 Å². The number of rotatable bonds is 6. The summed E-state index contributed by atoms with van der Waals surface area (Å²) in [5.74, 6) is 1.31. The van der Waals surface area contributed by atoms with Crippen LogP contribution in [0.1, 0.15) is 23.2 Å². The summed E-state index contributed by atoms with van der Waals surface area (Å²) in [4.78, 5) is 16.2. The molecule has 0 bridgehead atoms. The van der Waals surface area contributed by atoms with E-state index in [-0.39, 0.29) is 29.9 Å². The fourth-order valence-electron chi connectivity index (χ4n) is 2.35. The number of hydrogen-bond acceptors (Lipinski definition) is 3. The molecule has 0 unspecified atom stereocenters. The number of carbonyl (C=O) groups is 1. The molecule has 132 valence electrons. The third-order valence-corrected chi connectivity index (χ3v) is 3.61. The van der Waals surface area contributed by atoms with Gasteiger partial charge in [0.2, 0.25) is 0 Å². The van der Waals surface area contributed by atoms with Gasteiger partial charge < -0.3 is 20.7 Å². The minimum Gasteiger partial charge on any atom is -0.497 e. The smallest absolute Gasteiger partial charge is 0.251 e. The second-order valence-electron chi connectivity index (χ2n) is 5.27. The molecule has 0 heterocycles. The zero-order valence-corrected chi connectivity index (χ0v) is 16.4. The highest BCUT2D eigenvalue weighted by atomic mass is 127. The molecule has 1 aliphatic rings. The number of carbonyl (C=O) groups excluding carboxylic acids is 1. The van der Waals surface area contributed by atoms with E-state index in [2.05, 4.69) is 33.1 Å². The van der Waals surface area contributed by atoms with Crippen molar-refractivity contribution in [2.75, 3.05) is 27.2 Å². The van der Waals surface area contributed by atoms with E-state index in [0.29, 0.717) is 30.4 Å². The molecule has 0 saturated heterocycles. The normalized spacial score (nSPS) is 14.0. The predicted molar refractivity (Wildman–Crippen MR) is 107 cm³/mol. The SMILES string of the molecule is CN=C(NCCNC(=O)c1cccc(OC)c1)NC1CC=CC1.I. The molecule has 1 amide bonds. The number of guanidine groups is 1. The van der Waals surface area contributed by atoms with Gasteiger partial charge in [0.15, 0.2) is 5.96 Å². The van der Waals surface area contributed by atoms with Gasteiger partial charge in [-0.05, 0) is 31.0 Å². The van der Waals surface area contributed by atoms with Crippen LogP contribution in [0.5, 0.6) is 5.75 Å². The first kappa shape index (κ1) is 20.3. The lowest BCUT2D eigenvalue weighted by Gasteiger charge is -2.17. The molecule has 0 aliphatic heterocycles. The number of methoxy groups -OCH3 is 1. The van der Waals surface area contributed by atoms with Gasteiger partial charge in [-0.3, -0.25) is 9.79 Å². The quantitative estimate of drug-likeness (QED) is 0.206. The van der Waals surface area contributed by atoms with Crippen LogP contribution < -0.4 is 20.7 Å². The van der Waals surface area contributed by atoms with Gasteiger partial charge in [0, 0.05) is 31.7 Å². The maximum atomic E-state index is 12.1. The molecule has 2 rings (SSSR count). The van der Waals surface area contributed by atoms with Crippen molar-refractivity contribution in [3.05, 3.63) is 42.0 Å². The zero-order valence-electron chi connectivity index (χ0n) is 14.0. The highest BCUT2D eigenvalue weighted by Crippen LogP contribution is 2.12. The Morgan fingerprint density at radius 1 is 1.25 bits per heavy atom. The first-order valence-electron chi connectivity index (χ1n) is 7.77. The first-order chi connectivity index (χ1) is 11.2. The summed E-state index contributed by atoms with van der Waals surface area (Å²) in [6, 6.07) is 7.50. The lowest BCUT2D eigenvalue weighted by molar-refractivity contribution is 0.0954.